The Kier molecular flexibility index (Phi) is 1.44. The maximum atomic E-state index is 7.42. The zero-order valence-corrected chi connectivity index (χ0v) is 6.93. The minimum atomic E-state index is -2.83. The molecule has 0 fully saturated rings. The summed E-state index contributed by atoms with van der Waals surface area (Å²) in [4.78, 5) is -1.91. The van der Waals surface area contributed by atoms with Gasteiger partial charge in [-0.15, -0.1) is 0 Å². The van der Waals surface area contributed by atoms with Crippen molar-refractivity contribution < 1.29 is 9.60 Å². The smallest absolute Gasteiger partial charge is 0.0420 e. The van der Waals surface area contributed by atoms with E-state index in [4.69, 9.17) is 9.60 Å². The fraction of sp³-hybridized carbons (Fsp3) is 1.00. The molecule has 0 N–H and O–H groups in total. The summed E-state index contributed by atoms with van der Waals surface area (Å²) in [6.45, 7) is 1.13. The molecule has 0 aromatic carbocycles. The summed E-state index contributed by atoms with van der Waals surface area (Å²) >= 11 is 5.14. The van der Waals surface area contributed by atoms with Crippen LogP contribution in [0.25, 0.3) is 0 Å². The maximum absolute atomic E-state index is 7.42. The van der Waals surface area contributed by atoms with Crippen LogP contribution in [0.3, 0.4) is 0 Å². The SMILES string of the molecule is [2H]C([2H])(Br)C([2H])([2H])C([2H])([2H])C([2H])(C)Br. The predicted octanol–water partition coefficient (Wildman–Crippen LogP) is 2.94. The van der Waals surface area contributed by atoms with E-state index in [1.54, 1.807) is 0 Å². The van der Waals surface area contributed by atoms with Gasteiger partial charge in [0, 0.05) is 19.7 Å². The third-order valence-electron chi connectivity index (χ3n) is 0.282. The number of alkyl halides is 2. The topological polar surface area (TPSA) is 0 Å². The zero-order chi connectivity index (χ0) is 12.0. The van der Waals surface area contributed by atoms with Crippen molar-refractivity contribution in [3.63, 3.8) is 0 Å². The standard InChI is InChI=1S/C5H10Br2/c1-5(7)3-2-4-6/h5H,2-4H2,1H3/i2D2,3D2,4D2,5D. The second-order valence-corrected chi connectivity index (χ2v) is 2.46. The van der Waals surface area contributed by atoms with Crippen LogP contribution in [0.2, 0.25) is 0 Å². The monoisotopic (exact) mass is 235 g/mol. The van der Waals surface area contributed by atoms with Gasteiger partial charge in [0.1, 0.15) is 0 Å². The number of hydrogen-bond acceptors (Lipinski definition) is 0. The highest BCUT2D eigenvalue weighted by molar-refractivity contribution is 9.09. The normalized spacial score (nSPS) is 39.6. The fourth-order valence-corrected chi connectivity index (χ4v) is 0.308. The van der Waals surface area contributed by atoms with Gasteiger partial charge in [0.05, 0.1) is 0 Å². The van der Waals surface area contributed by atoms with Gasteiger partial charge in [-0.25, -0.2) is 0 Å². The van der Waals surface area contributed by atoms with E-state index in [-0.39, 0.29) is 0 Å². The van der Waals surface area contributed by atoms with Gasteiger partial charge >= 0.3 is 0 Å². The van der Waals surface area contributed by atoms with Gasteiger partial charge in [-0.05, 0) is 12.7 Å². The van der Waals surface area contributed by atoms with Crippen molar-refractivity contribution in [2.24, 2.45) is 0 Å². The van der Waals surface area contributed by atoms with Gasteiger partial charge in [0.25, 0.3) is 0 Å². The number of rotatable bonds is 3. The number of halogens is 2. The fourth-order valence-electron chi connectivity index (χ4n) is 0.110. The molecule has 0 aliphatic rings. The molecule has 2 heteroatoms. The molecule has 0 amide bonds. The third kappa shape index (κ3) is 6.96. The Hall–Kier alpha value is 0.960. The van der Waals surface area contributed by atoms with Crippen LogP contribution < -0.4 is 0 Å². The van der Waals surface area contributed by atoms with Crippen molar-refractivity contribution in [1.29, 1.82) is 0 Å². The van der Waals surface area contributed by atoms with Crippen molar-refractivity contribution in [2.45, 2.75) is 24.5 Å². The van der Waals surface area contributed by atoms with Crippen LogP contribution in [0.1, 0.15) is 29.3 Å². The lowest BCUT2D eigenvalue weighted by molar-refractivity contribution is 0.807. The Balaban J connectivity index is 5.30. The molecule has 0 aliphatic heterocycles. The van der Waals surface area contributed by atoms with Gasteiger partial charge in [-0.1, -0.05) is 38.8 Å². The van der Waals surface area contributed by atoms with E-state index in [9.17, 15) is 0 Å². The predicted molar refractivity (Wildman–Crippen MR) is 41.4 cm³/mol. The molecule has 0 nitrogen and oxygen atoms in total. The van der Waals surface area contributed by atoms with Crippen LogP contribution in [-0.4, -0.2) is 10.1 Å². The second kappa shape index (κ2) is 5.10. The summed E-state index contributed by atoms with van der Waals surface area (Å²) in [5.74, 6) is 0. The molecule has 0 bridgehead atoms. The molecule has 44 valence electrons. The molecule has 1 atom stereocenters. The van der Waals surface area contributed by atoms with E-state index in [0.717, 1.165) is 6.92 Å². The summed E-state index contributed by atoms with van der Waals surface area (Å²) in [6, 6.07) is 0. The lowest BCUT2D eigenvalue weighted by Crippen LogP contribution is -1.88. The first-order chi connectivity index (χ1) is 5.75. The van der Waals surface area contributed by atoms with Crippen molar-refractivity contribution in [1.82, 2.24) is 0 Å². The first kappa shape index (κ1) is 1.98. The zero-order valence-electron chi connectivity index (χ0n) is 10.8. The van der Waals surface area contributed by atoms with E-state index in [2.05, 4.69) is 31.9 Å². The van der Waals surface area contributed by atoms with Crippen LogP contribution in [0, 0.1) is 0 Å². The molecule has 0 rings (SSSR count). The van der Waals surface area contributed by atoms with E-state index >= 15 is 0 Å². The Bertz CT molecular complexity index is 189. The Morgan fingerprint density at radius 2 is 2.57 bits per heavy atom. The van der Waals surface area contributed by atoms with Crippen LogP contribution in [0.5, 0.6) is 0 Å². The summed E-state index contributed by atoms with van der Waals surface area (Å²) in [5, 5.41) is -2.54. The maximum Gasteiger partial charge on any atom is 0.0420 e. The van der Waals surface area contributed by atoms with Gasteiger partial charge in [0.15, 0.2) is 0 Å². The molecule has 0 saturated heterocycles. The average molecular weight is 237 g/mol. The van der Waals surface area contributed by atoms with Gasteiger partial charge in [-0.3, -0.25) is 0 Å². The summed E-state index contributed by atoms with van der Waals surface area (Å²) < 4.78 is 51.2. The minimum absolute atomic E-state index is 1.13. The highest BCUT2D eigenvalue weighted by Gasteiger charge is 1.91. The van der Waals surface area contributed by atoms with E-state index < -0.39 is 22.8 Å². The molecule has 1 unspecified atom stereocenters. The molecule has 0 radical (unpaired) electrons. The Labute approximate surface area is 71.8 Å². The van der Waals surface area contributed by atoms with Gasteiger partial charge in [-0.2, -0.15) is 0 Å². The first-order valence-electron chi connectivity index (χ1n) is 5.13. The van der Waals surface area contributed by atoms with Crippen LogP contribution >= 0.6 is 31.9 Å². The largest absolute Gasteiger partial charge is 0.0928 e. The highest BCUT2D eigenvalue weighted by atomic mass is 79.9. The van der Waals surface area contributed by atoms with Crippen LogP contribution in [0.4, 0.5) is 0 Å². The summed E-state index contributed by atoms with van der Waals surface area (Å²) in [7, 11) is 0. The molecule has 0 spiro atoms. The molecule has 0 aromatic rings. The molecule has 0 heterocycles. The highest BCUT2D eigenvalue weighted by Crippen LogP contribution is 2.06. The first-order valence-corrected chi connectivity index (χ1v) is 3.21. The second-order valence-electron chi connectivity index (χ2n) is 0.878. The minimum Gasteiger partial charge on any atom is -0.0928 e. The Morgan fingerprint density at radius 1 is 2.00 bits per heavy atom. The van der Waals surface area contributed by atoms with Crippen molar-refractivity contribution in [3.05, 3.63) is 0 Å². The van der Waals surface area contributed by atoms with Crippen molar-refractivity contribution in [2.75, 3.05) is 5.28 Å². The Morgan fingerprint density at radius 3 is 2.71 bits per heavy atom. The third-order valence-corrected chi connectivity index (χ3v) is 0.678. The molecular weight excluding hydrogens is 220 g/mol. The molecular formula is C5H10Br2. The number of hydrogen-bond donors (Lipinski definition) is 0. The molecule has 0 aliphatic carbocycles. The molecule has 7 heavy (non-hydrogen) atoms. The van der Waals surface area contributed by atoms with E-state index in [0.29, 0.717) is 0 Å². The van der Waals surface area contributed by atoms with Crippen molar-refractivity contribution in [3.8, 4) is 0 Å². The van der Waals surface area contributed by atoms with Crippen LogP contribution in [-0.2, 0) is 0 Å². The average Bonchev–Trinajstić information content (AvgIpc) is 1.81. The molecule has 0 saturated carbocycles. The lowest BCUT2D eigenvalue weighted by Gasteiger charge is -1.96. The molecule has 0 aromatic heterocycles. The summed E-state index contributed by atoms with van der Waals surface area (Å²) in [5.41, 5.74) is 0. The quantitative estimate of drug-likeness (QED) is 0.662. The van der Waals surface area contributed by atoms with Crippen molar-refractivity contribution >= 4 is 31.9 Å². The summed E-state index contributed by atoms with van der Waals surface area (Å²) in [6.07, 6.45) is -5.52. The van der Waals surface area contributed by atoms with E-state index in [1.165, 1.54) is 0 Å². The van der Waals surface area contributed by atoms with E-state index in [1.807, 2.05) is 0 Å². The van der Waals surface area contributed by atoms with Gasteiger partial charge < -0.3 is 0 Å². The van der Waals surface area contributed by atoms with Crippen LogP contribution in [0.15, 0.2) is 0 Å². The lowest BCUT2D eigenvalue weighted by atomic mass is 10.3. The van der Waals surface area contributed by atoms with Gasteiger partial charge in [0.2, 0.25) is 0 Å².